The number of ketones is 1. The van der Waals surface area contributed by atoms with Crippen LogP contribution in [-0.2, 0) is 18.1 Å². The summed E-state index contributed by atoms with van der Waals surface area (Å²) in [6, 6.07) is 0. The average molecular weight is 579 g/mol. The molecule has 0 amide bonds. The zero-order valence-corrected chi connectivity index (χ0v) is 30.3. The van der Waals surface area contributed by atoms with Crippen LogP contribution in [0.1, 0.15) is 67.7 Å². The second-order valence-corrected chi connectivity index (χ2v) is 31.2. The monoisotopic (exact) mass is 578 g/mol. The second kappa shape index (κ2) is 8.97. The van der Waals surface area contributed by atoms with Crippen LogP contribution in [0.15, 0.2) is 11.6 Å². The minimum atomic E-state index is -2.09. The van der Waals surface area contributed by atoms with Gasteiger partial charge in [0.15, 0.2) is 30.7 Å². The molecule has 38 heavy (non-hydrogen) atoms. The fourth-order valence-corrected chi connectivity index (χ4v) is 12.8. The van der Waals surface area contributed by atoms with Crippen molar-refractivity contribution in [2.75, 3.05) is 0 Å². The van der Waals surface area contributed by atoms with Crippen molar-refractivity contribution in [3.05, 3.63) is 11.6 Å². The molecule has 4 aliphatic rings. The molecule has 0 saturated heterocycles. The van der Waals surface area contributed by atoms with Gasteiger partial charge in [-0.3, -0.25) is 4.79 Å². The molecule has 4 rings (SSSR count). The third-order valence-corrected chi connectivity index (χ3v) is 17.2. The lowest BCUT2D eigenvalue weighted by Gasteiger charge is -2.56. The van der Waals surface area contributed by atoms with Gasteiger partial charge >= 0.3 is 0 Å². The molecular formula is C31H58O4Si3. The van der Waals surface area contributed by atoms with Crippen LogP contribution in [0.3, 0.4) is 0 Å². The molecule has 3 saturated carbocycles. The Morgan fingerprint density at radius 2 is 1.45 bits per heavy atom. The van der Waals surface area contributed by atoms with Gasteiger partial charge < -0.3 is 13.3 Å². The summed E-state index contributed by atoms with van der Waals surface area (Å²) in [5.41, 5.74) is 0.341. The molecule has 0 aliphatic heterocycles. The molecule has 0 N–H and O–H groups in total. The highest BCUT2D eigenvalue weighted by molar-refractivity contribution is 6.74. The standard InChI is InChI=1S/C31H58O4Si3/c1-20-18-30(34-36(8,9)10)19-22(32)17-24(30)31(35-37(11,12)13)21(2)16-23-25(29(23,6)7)26(31)27(20)33-38(14,15)28(3,4)5/h17,20-21,23,25-27H,16,18-19H2,1-15H3/t20-,21-,23-,25-,26-,27-,30+,31+/m1/s1. The summed E-state index contributed by atoms with van der Waals surface area (Å²) in [7, 11) is -6.13. The van der Waals surface area contributed by atoms with E-state index in [1.165, 1.54) is 5.57 Å². The van der Waals surface area contributed by atoms with Gasteiger partial charge in [-0.15, -0.1) is 0 Å². The Balaban J connectivity index is 2.02. The first-order valence-electron chi connectivity index (χ1n) is 15.2. The van der Waals surface area contributed by atoms with Crippen molar-refractivity contribution in [1.29, 1.82) is 0 Å². The molecule has 0 unspecified atom stereocenters. The maximum absolute atomic E-state index is 13.5. The van der Waals surface area contributed by atoms with E-state index in [0.717, 1.165) is 12.8 Å². The number of carbonyl (C=O) groups is 1. The number of allylic oxidation sites excluding steroid dienone is 1. The van der Waals surface area contributed by atoms with Gasteiger partial charge in [-0.1, -0.05) is 48.5 Å². The molecule has 0 bridgehead atoms. The predicted molar refractivity (Wildman–Crippen MR) is 166 cm³/mol. The van der Waals surface area contributed by atoms with Crippen LogP contribution in [0.2, 0.25) is 57.4 Å². The molecule has 0 heterocycles. The van der Waals surface area contributed by atoms with Gasteiger partial charge in [0.25, 0.3) is 0 Å². The molecule has 218 valence electrons. The summed E-state index contributed by atoms with van der Waals surface area (Å²) in [6.07, 6.45) is 4.53. The SMILES string of the molecule is C[C@@H]1C[C@]2(O[Si](C)(C)C)CC(=O)C=C2[C@]2(O[Si](C)(C)C)[C@@H]([C@@H]1O[Si](C)(C)C(C)(C)C)[C@H]1[C@@H](C[C@H]2C)C1(C)C. The maximum atomic E-state index is 13.5. The summed E-state index contributed by atoms with van der Waals surface area (Å²) < 4.78 is 22.4. The molecule has 0 radical (unpaired) electrons. The third-order valence-electron chi connectivity index (χ3n) is 10.8. The van der Waals surface area contributed by atoms with Crippen LogP contribution in [0.4, 0.5) is 0 Å². The molecule has 4 aliphatic carbocycles. The molecule has 0 aromatic rings. The largest absolute Gasteiger partial charge is 0.413 e. The Bertz CT molecular complexity index is 998. The van der Waals surface area contributed by atoms with Crippen molar-refractivity contribution in [3.8, 4) is 0 Å². The summed E-state index contributed by atoms with van der Waals surface area (Å²) in [5, 5.41) is 0.123. The normalized spacial score (nSPS) is 41.1. The lowest BCUT2D eigenvalue weighted by Crippen LogP contribution is -2.63. The molecule has 0 aromatic carbocycles. The Hall–Kier alpha value is -0.0594. The summed E-state index contributed by atoms with van der Waals surface area (Å²) in [5.74, 6) is 2.24. The molecule has 0 spiro atoms. The fourth-order valence-electron chi connectivity index (χ4n) is 8.51. The minimum Gasteiger partial charge on any atom is -0.413 e. The lowest BCUT2D eigenvalue weighted by atomic mass is 9.62. The van der Waals surface area contributed by atoms with E-state index >= 15 is 0 Å². The van der Waals surface area contributed by atoms with Crippen LogP contribution in [0, 0.1) is 35.0 Å². The van der Waals surface area contributed by atoms with Crippen LogP contribution in [-0.4, -0.2) is 48.0 Å². The molecule has 3 fully saturated rings. The van der Waals surface area contributed by atoms with Gasteiger partial charge in [-0.2, -0.15) is 0 Å². The van der Waals surface area contributed by atoms with Gasteiger partial charge in [0.2, 0.25) is 0 Å². The van der Waals surface area contributed by atoms with E-state index in [1.54, 1.807) is 0 Å². The fraction of sp³-hybridized carbons (Fsp3) is 0.903. The first-order valence-corrected chi connectivity index (χ1v) is 24.9. The highest BCUT2D eigenvalue weighted by Crippen LogP contribution is 2.75. The Morgan fingerprint density at radius 1 is 0.895 bits per heavy atom. The van der Waals surface area contributed by atoms with Gasteiger partial charge in [0.1, 0.15) is 0 Å². The molecule has 8 atom stereocenters. The van der Waals surface area contributed by atoms with E-state index in [1.807, 2.05) is 6.08 Å². The van der Waals surface area contributed by atoms with Crippen molar-refractivity contribution in [1.82, 2.24) is 0 Å². The number of rotatable bonds is 6. The van der Waals surface area contributed by atoms with Crippen molar-refractivity contribution < 1.29 is 18.1 Å². The highest BCUT2D eigenvalue weighted by Gasteiger charge is 2.76. The molecule has 7 heteroatoms. The number of hydrogen-bond acceptors (Lipinski definition) is 4. The second-order valence-electron chi connectivity index (χ2n) is 17.6. The quantitative estimate of drug-likeness (QED) is 0.297. The van der Waals surface area contributed by atoms with Crippen molar-refractivity contribution in [2.45, 2.75) is 142 Å². The number of fused-ring (bicyclic) bond motifs is 5. The van der Waals surface area contributed by atoms with Gasteiger partial charge in [-0.05, 0) is 111 Å². The van der Waals surface area contributed by atoms with Crippen LogP contribution in [0.5, 0.6) is 0 Å². The zero-order valence-electron chi connectivity index (χ0n) is 27.3. The Labute approximate surface area is 237 Å². The van der Waals surface area contributed by atoms with Gasteiger partial charge in [0, 0.05) is 12.3 Å². The summed E-state index contributed by atoms with van der Waals surface area (Å²) >= 11 is 0. The van der Waals surface area contributed by atoms with E-state index < -0.39 is 36.2 Å². The molecule has 0 aromatic heterocycles. The Morgan fingerprint density at radius 3 is 1.95 bits per heavy atom. The first kappa shape index (κ1) is 30.9. The summed E-state index contributed by atoms with van der Waals surface area (Å²) in [6.45, 7) is 35.4. The van der Waals surface area contributed by atoms with Crippen molar-refractivity contribution in [3.63, 3.8) is 0 Å². The smallest absolute Gasteiger partial charge is 0.192 e. The topological polar surface area (TPSA) is 44.8 Å². The number of hydrogen-bond donors (Lipinski definition) is 0. The van der Waals surface area contributed by atoms with E-state index in [0.29, 0.717) is 24.2 Å². The van der Waals surface area contributed by atoms with Crippen LogP contribution in [0.25, 0.3) is 0 Å². The average Bonchev–Trinajstić information content (AvgIpc) is 3.06. The minimum absolute atomic E-state index is 0.0907. The van der Waals surface area contributed by atoms with Gasteiger partial charge in [0.05, 0.1) is 17.3 Å². The predicted octanol–water partition coefficient (Wildman–Crippen LogP) is 8.42. The first-order chi connectivity index (χ1) is 16.9. The lowest BCUT2D eigenvalue weighted by molar-refractivity contribution is -0.116. The highest BCUT2D eigenvalue weighted by atomic mass is 28.4. The Kier molecular flexibility index (Phi) is 7.29. The van der Waals surface area contributed by atoms with Crippen LogP contribution >= 0.6 is 0 Å². The summed E-state index contributed by atoms with van der Waals surface area (Å²) in [4.78, 5) is 13.5. The number of carbonyl (C=O) groups excluding carboxylic acids is 1. The van der Waals surface area contributed by atoms with E-state index in [4.69, 9.17) is 13.3 Å². The molecular weight excluding hydrogens is 521 g/mol. The van der Waals surface area contributed by atoms with Crippen molar-refractivity contribution in [2.24, 2.45) is 35.0 Å². The van der Waals surface area contributed by atoms with E-state index in [-0.39, 0.29) is 34.2 Å². The maximum Gasteiger partial charge on any atom is 0.192 e. The van der Waals surface area contributed by atoms with E-state index in [2.05, 4.69) is 101 Å². The zero-order chi connectivity index (χ0) is 29.1. The van der Waals surface area contributed by atoms with Crippen molar-refractivity contribution >= 4 is 30.7 Å². The van der Waals surface area contributed by atoms with Crippen LogP contribution < -0.4 is 0 Å². The van der Waals surface area contributed by atoms with E-state index in [9.17, 15) is 4.79 Å². The molecule has 4 nitrogen and oxygen atoms in total. The third kappa shape index (κ3) is 4.97. The van der Waals surface area contributed by atoms with Gasteiger partial charge in [-0.25, -0.2) is 0 Å².